The number of hydrogen-bond acceptors (Lipinski definition) is 6. The minimum Gasteiger partial charge on any atom is -0.461 e. The average Bonchev–Trinajstić information content (AvgIpc) is 2.28. The summed E-state index contributed by atoms with van der Waals surface area (Å²) in [6.07, 6.45) is 4.03. The maximum Gasteiger partial charge on any atom is 0.321 e. The number of aromatic nitrogens is 4. The van der Waals surface area contributed by atoms with E-state index in [4.69, 9.17) is 10.5 Å². The molecule has 0 amide bonds. The van der Waals surface area contributed by atoms with Gasteiger partial charge in [-0.3, -0.25) is 4.98 Å². The number of pyridine rings is 1. The van der Waals surface area contributed by atoms with Gasteiger partial charge in [-0.05, 0) is 31.5 Å². The number of rotatable bonds is 4. The number of hydrogen-bond donors (Lipinski definition) is 1. The second-order valence-corrected chi connectivity index (χ2v) is 4.09. The highest BCUT2D eigenvalue weighted by atomic mass is 16.5. The molecular weight excluding hydrogens is 230 g/mol. The second-order valence-electron chi connectivity index (χ2n) is 4.09. The average molecular weight is 245 g/mol. The van der Waals surface area contributed by atoms with Crippen LogP contribution in [-0.4, -0.2) is 26.0 Å². The zero-order valence-electron chi connectivity index (χ0n) is 10.4. The van der Waals surface area contributed by atoms with Crippen molar-refractivity contribution in [1.82, 2.24) is 19.9 Å². The second kappa shape index (κ2) is 5.39. The SMILES string of the molecule is CC(C)Oc1nc(N)nc(Cc2ccncc2)n1. The van der Waals surface area contributed by atoms with E-state index in [0.29, 0.717) is 12.2 Å². The molecule has 2 N–H and O–H groups in total. The summed E-state index contributed by atoms with van der Waals surface area (Å²) in [5, 5.41) is 0. The molecule has 0 unspecified atom stereocenters. The van der Waals surface area contributed by atoms with Gasteiger partial charge in [0.15, 0.2) is 0 Å². The molecule has 0 aliphatic carbocycles. The van der Waals surface area contributed by atoms with E-state index in [1.807, 2.05) is 26.0 Å². The molecule has 18 heavy (non-hydrogen) atoms. The van der Waals surface area contributed by atoms with Crippen LogP contribution < -0.4 is 10.5 Å². The lowest BCUT2D eigenvalue weighted by Crippen LogP contribution is -2.12. The minimum atomic E-state index is 0.000533. The summed E-state index contributed by atoms with van der Waals surface area (Å²) >= 11 is 0. The van der Waals surface area contributed by atoms with E-state index in [1.54, 1.807) is 12.4 Å². The lowest BCUT2D eigenvalue weighted by atomic mass is 10.2. The Morgan fingerprint density at radius 1 is 1.17 bits per heavy atom. The summed E-state index contributed by atoms with van der Waals surface area (Å²) in [6.45, 7) is 3.81. The molecule has 6 nitrogen and oxygen atoms in total. The highest BCUT2D eigenvalue weighted by molar-refractivity contribution is 5.22. The van der Waals surface area contributed by atoms with Gasteiger partial charge in [-0.1, -0.05) is 0 Å². The molecule has 0 atom stereocenters. The first kappa shape index (κ1) is 12.2. The maximum absolute atomic E-state index is 5.63. The van der Waals surface area contributed by atoms with Crippen molar-refractivity contribution in [2.45, 2.75) is 26.4 Å². The van der Waals surface area contributed by atoms with Gasteiger partial charge in [0.2, 0.25) is 5.95 Å². The molecule has 0 saturated carbocycles. The molecule has 0 aliphatic heterocycles. The molecule has 0 aromatic carbocycles. The molecule has 0 spiro atoms. The van der Waals surface area contributed by atoms with E-state index >= 15 is 0 Å². The third kappa shape index (κ3) is 3.38. The van der Waals surface area contributed by atoms with Crippen molar-refractivity contribution >= 4 is 5.95 Å². The van der Waals surface area contributed by atoms with Crippen LogP contribution in [0.25, 0.3) is 0 Å². The molecule has 0 aliphatic rings. The van der Waals surface area contributed by atoms with Gasteiger partial charge in [0.25, 0.3) is 0 Å². The van der Waals surface area contributed by atoms with Crippen LogP contribution in [0.4, 0.5) is 5.95 Å². The first-order valence-electron chi connectivity index (χ1n) is 5.69. The topological polar surface area (TPSA) is 86.8 Å². The van der Waals surface area contributed by atoms with Gasteiger partial charge in [-0.2, -0.15) is 15.0 Å². The van der Waals surface area contributed by atoms with Crippen molar-refractivity contribution in [1.29, 1.82) is 0 Å². The molecule has 2 heterocycles. The van der Waals surface area contributed by atoms with E-state index in [0.717, 1.165) is 5.56 Å². The Morgan fingerprint density at radius 3 is 2.56 bits per heavy atom. The summed E-state index contributed by atoms with van der Waals surface area (Å²) < 4.78 is 5.42. The van der Waals surface area contributed by atoms with Crippen LogP contribution in [0.2, 0.25) is 0 Å². The maximum atomic E-state index is 5.63. The number of anilines is 1. The van der Waals surface area contributed by atoms with Crippen LogP contribution in [0.15, 0.2) is 24.5 Å². The smallest absolute Gasteiger partial charge is 0.321 e. The summed E-state index contributed by atoms with van der Waals surface area (Å²) in [5.41, 5.74) is 6.70. The Kier molecular flexibility index (Phi) is 3.66. The van der Waals surface area contributed by atoms with E-state index in [9.17, 15) is 0 Å². The van der Waals surface area contributed by atoms with Crippen molar-refractivity contribution in [3.63, 3.8) is 0 Å². The summed E-state index contributed by atoms with van der Waals surface area (Å²) in [4.78, 5) is 16.2. The first-order chi connectivity index (χ1) is 8.63. The van der Waals surface area contributed by atoms with E-state index in [-0.39, 0.29) is 18.1 Å². The number of ether oxygens (including phenoxy) is 1. The zero-order valence-corrected chi connectivity index (χ0v) is 10.4. The lowest BCUT2D eigenvalue weighted by Gasteiger charge is -2.09. The van der Waals surface area contributed by atoms with Crippen LogP contribution in [0.3, 0.4) is 0 Å². The van der Waals surface area contributed by atoms with E-state index in [2.05, 4.69) is 19.9 Å². The Bertz CT molecular complexity index is 515. The quantitative estimate of drug-likeness (QED) is 0.871. The normalized spacial score (nSPS) is 10.6. The monoisotopic (exact) mass is 245 g/mol. The van der Waals surface area contributed by atoms with Crippen molar-refractivity contribution in [2.75, 3.05) is 5.73 Å². The van der Waals surface area contributed by atoms with Crippen molar-refractivity contribution in [3.8, 4) is 6.01 Å². The van der Waals surface area contributed by atoms with Crippen molar-refractivity contribution < 1.29 is 4.74 Å². The van der Waals surface area contributed by atoms with Gasteiger partial charge in [-0.15, -0.1) is 0 Å². The van der Waals surface area contributed by atoms with Crippen LogP contribution in [0.5, 0.6) is 6.01 Å². The third-order valence-corrected chi connectivity index (χ3v) is 2.13. The van der Waals surface area contributed by atoms with Gasteiger partial charge in [0.05, 0.1) is 6.10 Å². The minimum absolute atomic E-state index is 0.000533. The Morgan fingerprint density at radius 2 is 1.89 bits per heavy atom. The molecule has 2 aromatic heterocycles. The third-order valence-electron chi connectivity index (χ3n) is 2.13. The van der Waals surface area contributed by atoms with Gasteiger partial charge >= 0.3 is 6.01 Å². The number of nitrogens with two attached hydrogens (primary N) is 1. The Labute approximate surface area is 105 Å². The van der Waals surface area contributed by atoms with Crippen molar-refractivity contribution in [3.05, 3.63) is 35.9 Å². The molecule has 0 bridgehead atoms. The summed E-state index contributed by atoms with van der Waals surface area (Å²) in [5.74, 6) is 0.758. The first-order valence-corrected chi connectivity index (χ1v) is 5.69. The van der Waals surface area contributed by atoms with E-state index < -0.39 is 0 Å². The molecule has 2 aromatic rings. The molecular formula is C12H15N5O. The highest BCUT2D eigenvalue weighted by Crippen LogP contribution is 2.10. The van der Waals surface area contributed by atoms with E-state index in [1.165, 1.54) is 0 Å². The molecule has 2 rings (SSSR count). The molecule has 6 heteroatoms. The predicted octanol–water partition coefficient (Wildman–Crippen LogP) is 1.23. The lowest BCUT2D eigenvalue weighted by molar-refractivity contribution is 0.221. The summed E-state index contributed by atoms with van der Waals surface area (Å²) in [6, 6.07) is 4.08. The molecule has 0 fully saturated rings. The fourth-order valence-corrected chi connectivity index (χ4v) is 1.44. The fourth-order valence-electron chi connectivity index (χ4n) is 1.44. The fraction of sp³-hybridized carbons (Fsp3) is 0.333. The molecule has 94 valence electrons. The Balaban J connectivity index is 2.20. The molecule has 0 radical (unpaired) electrons. The number of nitrogens with zero attached hydrogens (tertiary/aromatic N) is 4. The molecule has 0 saturated heterocycles. The van der Waals surface area contributed by atoms with Crippen LogP contribution in [0.1, 0.15) is 25.2 Å². The zero-order chi connectivity index (χ0) is 13.0. The Hall–Kier alpha value is -2.24. The number of nitrogen functional groups attached to an aromatic ring is 1. The largest absolute Gasteiger partial charge is 0.461 e. The van der Waals surface area contributed by atoms with Gasteiger partial charge in [0.1, 0.15) is 5.82 Å². The predicted molar refractivity (Wildman–Crippen MR) is 67.0 cm³/mol. The van der Waals surface area contributed by atoms with Crippen LogP contribution in [0, 0.1) is 0 Å². The van der Waals surface area contributed by atoms with Gasteiger partial charge < -0.3 is 10.5 Å². The van der Waals surface area contributed by atoms with Crippen LogP contribution in [-0.2, 0) is 6.42 Å². The highest BCUT2D eigenvalue weighted by Gasteiger charge is 2.07. The van der Waals surface area contributed by atoms with Gasteiger partial charge in [-0.25, -0.2) is 0 Å². The summed E-state index contributed by atoms with van der Waals surface area (Å²) in [7, 11) is 0. The van der Waals surface area contributed by atoms with Crippen molar-refractivity contribution in [2.24, 2.45) is 0 Å². The standard InChI is InChI=1S/C12H15N5O/c1-8(2)18-12-16-10(15-11(13)17-12)7-9-3-5-14-6-4-9/h3-6,8H,7H2,1-2H3,(H2,13,15,16,17). The van der Waals surface area contributed by atoms with Gasteiger partial charge in [0, 0.05) is 18.8 Å². The van der Waals surface area contributed by atoms with Crippen LogP contribution >= 0.6 is 0 Å².